The number of fused-ring (bicyclic) bond motifs is 4. The van der Waals surface area contributed by atoms with E-state index in [4.69, 9.17) is 9.72 Å². The topological polar surface area (TPSA) is 27.1 Å². The second-order valence-corrected chi connectivity index (χ2v) is 12.3. The number of ether oxygens (including phenoxy) is 1. The maximum atomic E-state index is 6.66. The summed E-state index contributed by atoms with van der Waals surface area (Å²) in [6.45, 7) is 0. The maximum absolute atomic E-state index is 6.66. The van der Waals surface area contributed by atoms with Crippen LogP contribution in [0.25, 0.3) is 83.0 Å². The van der Waals surface area contributed by atoms with Gasteiger partial charge in [-0.2, -0.15) is 0 Å². The molecule has 3 heteroatoms. The van der Waals surface area contributed by atoms with Crippen LogP contribution in [-0.2, 0) is 0 Å². The van der Waals surface area contributed by atoms with E-state index in [1.807, 2.05) is 18.2 Å². The van der Waals surface area contributed by atoms with E-state index in [1.165, 1.54) is 49.4 Å². The van der Waals surface area contributed by atoms with Gasteiger partial charge in [-0.05, 0) is 79.2 Å². The lowest BCUT2D eigenvalue weighted by molar-refractivity contribution is 0.476. The summed E-state index contributed by atoms with van der Waals surface area (Å²) < 4.78 is 8.92. The van der Waals surface area contributed by atoms with E-state index >= 15 is 0 Å². The second-order valence-electron chi connectivity index (χ2n) is 12.3. The number of para-hydroxylation sites is 1. The van der Waals surface area contributed by atoms with Crippen LogP contribution in [0, 0.1) is 0 Å². The maximum Gasteiger partial charge on any atom is 0.153 e. The number of hydrogen-bond acceptors (Lipinski definition) is 2. The van der Waals surface area contributed by atoms with Crippen molar-refractivity contribution in [1.82, 2.24) is 9.55 Å². The molecule has 1 aromatic heterocycles. The van der Waals surface area contributed by atoms with Crippen molar-refractivity contribution in [2.75, 3.05) is 0 Å². The molecular weight excluding hydrogens is 585 g/mol. The van der Waals surface area contributed by atoms with Gasteiger partial charge in [0.25, 0.3) is 0 Å². The zero-order valence-electron chi connectivity index (χ0n) is 26.0. The van der Waals surface area contributed by atoms with Crippen LogP contribution in [0.4, 0.5) is 0 Å². The molecule has 1 aliphatic rings. The second kappa shape index (κ2) is 10.5. The molecule has 1 aliphatic heterocycles. The van der Waals surface area contributed by atoms with Gasteiger partial charge in [-0.15, -0.1) is 0 Å². The summed E-state index contributed by atoms with van der Waals surface area (Å²) in [4.78, 5) is 5.06. The van der Waals surface area contributed by atoms with Gasteiger partial charge in [-0.1, -0.05) is 146 Å². The first kappa shape index (κ1) is 26.7. The molecule has 0 N–H and O–H groups in total. The minimum Gasteiger partial charge on any atom is -0.453 e. The molecule has 2 heterocycles. The molecule has 0 saturated heterocycles. The van der Waals surface area contributed by atoms with Crippen LogP contribution in [0.5, 0.6) is 11.5 Å². The number of hydrogen-bond donors (Lipinski definition) is 0. The zero-order valence-corrected chi connectivity index (χ0v) is 26.0. The average molecular weight is 613 g/mol. The molecule has 0 aliphatic carbocycles. The Morgan fingerprint density at radius 3 is 1.56 bits per heavy atom. The molecule has 224 valence electrons. The lowest BCUT2D eigenvalue weighted by Gasteiger charge is -2.23. The molecule has 0 radical (unpaired) electrons. The summed E-state index contributed by atoms with van der Waals surface area (Å²) in [5.41, 5.74) is 11.2. The molecular formula is C45H28N2O. The van der Waals surface area contributed by atoms with Crippen molar-refractivity contribution in [3.8, 4) is 62.0 Å². The molecule has 0 amide bonds. The van der Waals surface area contributed by atoms with E-state index in [1.54, 1.807) is 0 Å². The van der Waals surface area contributed by atoms with Crippen molar-refractivity contribution in [3.63, 3.8) is 0 Å². The summed E-state index contributed by atoms with van der Waals surface area (Å²) in [5.74, 6) is 2.54. The van der Waals surface area contributed by atoms with Gasteiger partial charge in [0.05, 0.1) is 11.2 Å². The first-order chi connectivity index (χ1) is 23.8. The Morgan fingerprint density at radius 1 is 0.396 bits per heavy atom. The quantitative estimate of drug-likeness (QED) is 0.185. The minimum atomic E-state index is 0.816. The number of benzene rings is 8. The predicted molar refractivity (Wildman–Crippen MR) is 198 cm³/mol. The van der Waals surface area contributed by atoms with E-state index in [0.717, 1.165) is 45.2 Å². The van der Waals surface area contributed by atoms with Crippen molar-refractivity contribution in [2.45, 2.75) is 0 Å². The summed E-state index contributed by atoms with van der Waals surface area (Å²) in [5, 5.41) is 4.88. The Morgan fingerprint density at radius 2 is 0.917 bits per heavy atom. The molecule has 3 nitrogen and oxygen atoms in total. The van der Waals surface area contributed by atoms with Crippen LogP contribution in [0.15, 0.2) is 170 Å². The third-order valence-corrected chi connectivity index (χ3v) is 9.59. The molecule has 0 atom stereocenters. The van der Waals surface area contributed by atoms with Crippen LogP contribution in [0.3, 0.4) is 0 Å². The zero-order chi connectivity index (χ0) is 31.6. The van der Waals surface area contributed by atoms with Gasteiger partial charge in [-0.3, -0.25) is 4.57 Å². The number of rotatable bonds is 4. The molecule has 0 unspecified atom stereocenters. The van der Waals surface area contributed by atoms with E-state index in [0.29, 0.717) is 0 Å². The first-order valence-corrected chi connectivity index (χ1v) is 16.3. The molecule has 9 aromatic rings. The average Bonchev–Trinajstić information content (AvgIpc) is 3.55. The Bertz CT molecular complexity index is 2620. The summed E-state index contributed by atoms with van der Waals surface area (Å²) in [7, 11) is 0. The molecule has 48 heavy (non-hydrogen) atoms. The fourth-order valence-corrected chi connectivity index (χ4v) is 7.46. The Labute approximate surface area is 278 Å². The lowest BCUT2D eigenvalue weighted by atomic mass is 9.85. The fourth-order valence-electron chi connectivity index (χ4n) is 7.46. The minimum absolute atomic E-state index is 0.816. The highest BCUT2D eigenvalue weighted by Crippen LogP contribution is 2.48. The van der Waals surface area contributed by atoms with Crippen molar-refractivity contribution in [1.29, 1.82) is 0 Å². The third-order valence-electron chi connectivity index (χ3n) is 9.59. The van der Waals surface area contributed by atoms with E-state index in [2.05, 4.69) is 156 Å². The monoisotopic (exact) mass is 612 g/mol. The van der Waals surface area contributed by atoms with Gasteiger partial charge in [0.1, 0.15) is 11.3 Å². The van der Waals surface area contributed by atoms with Crippen LogP contribution in [0.1, 0.15) is 0 Å². The van der Waals surface area contributed by atoms with Crippen LogP contribution >= 0.6 is 0 Å². The number of nitrogens with zero attached hydrogens (tertiary/aromatic N) is 2. The largest absolute Gasteiger partial charge is 0.453 e. The molecule has 0 saturated carbocycles. The molecule has 0 fully saturated rings. The Kier molecular flexibility index (Phi) is 5.87. The van der Waals surface area contributed by atoms with E-state index in [9.17, 15) is 0 Å². The number of aromatic nitrogens is 2. The van der Waals surface area contributed by atoms with Gasteiger partial charge in [0, 0.05) is 5.56 Å². The Hall–Kier alpha value is -6.45. The van der Waals surface area contributed by atoms with Gasteiger partial charge in [-0.25, -0.2) is 4.98 Å². The normalized spacial score (nSPS) is 11.9. The van der Waals surface area contributed by atoms with Crippen LogP contribution in [-0.4, -0.2) is 9.55 Å². The Balaban J connectivity index is 1.18. The molecule has 10 rings (SSSR count). The van der Waals surface area contributed by atoms with Crippen molar-refractivity contribution >= 4 is 32.6 Å². The highest BCUT2D eigenvalue weighted by atomic mass is 16.5. The highest BCUT2D eigenvalue weighted by molar-refractivity contribution is 6.21. The molecule has 8 aromatic carbocycles. The smallest absolute Gasteiger partial charge is 0.153 e. The van der Waals surface area contributed by atoms with E-state index in [-0.39, 0.29) is 0 Å². The van der Waals surface area contributed by atoms with Crippen molar-refractivity contribution in [2.24, 2.45) is 0 Å². The van der Waals surface area contributed by atoms with Crippen LogP contribution < -0.4 is 4.74 Å². The fraction of sp³-hybridized carbons (Fsp3) is 0. The van der Waals surface area contributed by atoms with Crippen molar-refractivity contribution < 1.29 is 4.74 Å². The standard InChI is InChI=1S/C45H28N2O/c1-3-12-29(13-4-1)30-22-24-31(25-23-30)42-34-16-7-9-18-36(34)43(37-19-10-8-17-35(37)42)33-26-27-39-41(28-33)48-40-21-11-20-38-44(40)47(39)45(46-38)32-14-5-2-6-15-32/h1-28H. The van der Waals surface area contributed by atoms with Gasteiger partial charge in [0.15, 0.2) is 11.5 Å². The van der Waals surface area contributed by atoms with Gasteiger partial charge >= 0.3 is 0 Å². The summed E-state index contributed by atoms with van der Waals surface area (Å²) in [6.07, 6.45) is 0. The third kappa shape index (κ3) is 4.04. The van der Waals surface area contributed by atoms with Gasteiger partial charge in [0.2, 0.25) is 0 Å². The molecule has 0 spiro atoms. The van der Waals surface area contributed by atoms with Gasteiger partial charge < -0.3 is 4.74 Å². The summed E-state index contributed by atoms with van der Waals surface area (Å²) >= 11 is 0. The summed E-state index contributed by atoms with van der Waals surface area (Å²) in [6, 6.07) is 60.2. The van der Waals surface area contributed by atoms with Crippen LogP contribution in [0.2, 0.25) is 0 Å². The first-order valence-electron chi connectivity index (χ1n) is 16.3. The highest BCUT2D eigenvalue weighted by Gasteiger charge is 2.26. The van der Waals surface area contributed by atoms with Crippen molar-refractivity contribution in [3.05, 3.63) is 170 Å². The SMILES string of the molecule is c1ccc(-c2ccc(-c3c4ccccc4c(-c4ccc5c(c4)Oc4cccc6nc(-c7ccccc7)n-5c46)c4ccccc34)cc2)cc1. The number of imidazole rings is 1. The molecule has 0 bridgehead atoms. The lowest BCUT2D eigenvalue weighted by Crippen LogP contribution is -2.06. The van der Waals surface area contributed by atoms with E-state index < -0.39 is 0 Å². The predicted octanol–water partition coefficient (Wildman–Crippen LogP) is 12.1.